The maximum Gasteiger partial charge on any atom is 0.255 e. The van der Waals surface area contributed by atoms with Crippen molar-refractivity contribution in [3.8, 4) is 0 Å². The molecule has 0 aliphatic rings. The zero-order chi connectivity index (χ0) is 13.8. The van der Waals surface area contributed by atoms with Gasteiger partial charge in [-0.25, -0.2) is 0 Å². The van der Waals surface area contributed by atoms with Gasteiger partial charge < -0.3 is 10.6 Å². The number of amides is 1. The number of benzene rings is 1. The third-order valence-corrected chi connectivity index (χ3v) is 4.11. The van der Waals surface area contributed by atoms with Crippen LogP contribution in [0.2, 0.25) is 5.02 Å². The topological polar surface area (TPSA) is 46.3 Å². The molecule has 1 aromatic carbocycles. The number of hydrogen-bond acceptors (Lipinski definition) is 3. The van der Waals surface area contributed by atoms with Crippen molar-refractivity contribution >= 4 is 34.5 Å². The zero-order valence-electron chi connectivity index (χ0n) is 10.6. The van der Waals surface area contributed by atoms with Crippen LogP contribution in [0.15, 0.2) is 35.7 Å². The number of likely N-dealkylation sites (N-methyl/N-ethyl adjacent to an activating group) is 1. The minimum absolute atomic E-state index is 0.103. The average Bonchev–Trinajstić information content (AvgIpc) is 2.91. The van der Waals surface area contributed by atoms with Gasteiger partial charge in [0.25, 0.3) is 5.91 Å². The van der Waals surface area contributed by atoms with Crippen molar-refractivity contribution in [2.45, 2.75) is 6.42 Å². The van der Waals surface area contributed by atoms with Crippen LogP contribution in [0.4, 0.5) is 5.69 Å². The Morgan fingerprint density at radius 2 is 2.21 bits per heavy atom. The van der Waals surface area contributed by atoms with Crippen LogP contribution in [0.5, 0.6) is 0 Å². The van der Waals surface area contributed by atoms with Gasteiger partial charge >= 0.3 is 0 Å². The fraction of sp³-hybridized carbons (Fsp3) is 0.214. The lowest BCUT2D eigenvalue weighted by molar-refractivity contribution is 0.0797. The summed E-state index contributed by atoms with van der Waals surface area (Å²) in [5.74, 6) is -0.103. The first kappa shape index (κ1) is 13.9. The largest absolute Gasteiger partial charge is 0.399 e. The number of carbonyl (C=O) groups is 1. The Hall–Kier alpha value is -1.52. The van der Waals surface area contributed by atoms with Crippen LogP contribution >= 0.6 is 22.9 Å². The number of hydrogen-bond donors (Lipinski definition) is 1. The maximum absolute atomic E-state index is 12.3. The zero-order valence-corrected chi connectivity index (χ0v) is 12.2. The summed E-state index contributed by atoms with van der Waals surface area (Å²) in [6.07, 6.45) is 0.847. The Kier molecular flexibility index (Phi) is 4.45. The molecule has 1 heterocycles. The van der Waals surface area contributed by atoms with E-state index in [0.29, 0.717) is 22.8 Å². The molecule has 0 saturated heterocycles. The molecule has 0 fully saturated rings. The van der Waals surface area contributed by atoms with Gasteiger partial charge in [0.05, 0.1) is 10.6 Å². The highest BCUT2D eigenvalue weighted by Gasteiger charge is 2.15. The maximum atomic E-state index is 12.3. The molecular formula is C14H15ClN2OS. The van der Waals surface area contributed by atoms with Gasteiger partial charge in [0.15, 0.2) is 0 Å². The quantitative estimate of drug-likeness (QED) is 0.880. The third kappa shape index (κ3) is 3.49. The molecule has 1 amide bonds. The molecule has 0 aliphatic heterocycles. The summed E-state index contributed by atoms with van der Waals surface area (Å²) in [7, 11) is 1.77. The lowest BCUT2D eigenvalue weighted by Crippen LogP contribution is -2.29. The van der Waals surface area contributed by atoms with Crippen LogP contribution in [0.3, 0.4) is 0 Å². The molecule has 2 rings (SSSR count). The van der Waals surface area contributed by atoms with Crippen LogP contribution in [-0.2, 0) is 6.42 Å². The van der Waals surface area contributed by atoms with Gasteiger partial charge in [-0.05, 0) is 36.1 Å². The highest BCUT2D eigenvalue weighted by Crippen LogP contribution is 2.20. The molecule has 0 saturated carbocycles. The third-order valence-electron chi connectivity index (χ3n) is 2.84. The van der Waals surface area contributed by atoms with Crippen molar-refractivity contribution in [1.82, 2.24) is 4.90 Å². The number of carbonyl (C=O) groups excluding carboxylic acids is 1. The predicted octanol–water partition coefficient (Wildman–Crippen LogP) is 3.30. The number of halogens is 1. The van der Waals surface area contributed by atoms with Crippen molar-refractivity contribution in [3.05, 3.63) is 51.2 Å². The number of nitrogens with two attached hydrogens (primary N) is 1. The summed E-state index contributed by atoms with van der Waals surface area (Å²) in [4.78, 5) is 15.2. The van der Waals surface area contributed by atoms with Crippen molar-refractivity contribution in [3.63, 3.8) is 0 Å². The van der Waals surface area contributed by atoms with Crippen LogP contribution in [-0.4, -0.2) is 24.4 Å². The second-order valence-electron chi connectivity index (χ2n) is 4.30. The van der Waals surface area contributed by atoms with Gasteiger partial charge in [-0.15, -0.1) is 11.3 Å². The molecule has 19 heavy (non-hydrogen) atoms. The summed E-state index contributed by atoms with van der Waals surface area (Å²) in [6, 6.07) is 9.03. The molecule has 2 aromatic rings. The standard InChI is InChI=1S/C14H15ClN2OS/c1-17(7-6-11-3-2-8-19-11)14(18)12-9-10(16)4-5-13(12)15/h2-5,8-9H,6-7,16H2,1H3. The van der Waals surface area contributed by atoms with Gasteiger partial charge in [0.1, 0.15) is 0 Å². The van der Waals surface area contributed by atoms with E-state index < -0.39 is 0 Å². The first-order chi connectivity index (χ1) is 9.08. The molecule has 0 aliphatic carbocycles. The Morgan fingerprint density at radius 1 is 1.42 bits per heavy atom. The fourth-order valence-electron chi connectivity index (χ4n) is 1.75. The van der Waals surface area contributed by atoms with E-state index in [1.165, 1.54) is 4.88 Å². The minimum Gasteiger partial charge on any atom is -0.399 e. The van der Waals surface area contributed by atoms with E-state index in [-0.39, 0.29) is 5.91 Å². The Labute approximate surface area is 121 Å². The second kappa shape index (κ2) is 6.08. The van der Waals surface area contributed by atoms with E-state index >= 15 is 0 Å². The lowest BCUT2D eigenvalue weighted by atomic mass is 10.1. The molecule has 0 radical (unpaired) electrons. The van der Waals surface area contributed by atoms with Crippen LogP contribution < -0.4 is 5.73 Å². The number of nitrogens with zero attached hydrogens (tertiary/aromatic N) is 1. The lowest BCUT2D eigenvalue weighted by Gasteiger charge is -2.17. The molecule has 0 spiro atoms. The number of thiophene rings is 1. The van der Waals surface area contributed by atoms with Crippen molar-refractivity contribution in [2.75, 3.05) is 19.3 Å². The first-order valence-electron chi connectivity index (χ1n) is 5.91. The van der Waals surface area contributed by atoms with Crippen molar-refractivity contribution in [1.29, 1.82) is 0 Å². The van der Waals surface area contributed by atoms with Crippen molar-refractivity contribution in [2.24, 2.45) is 0 Å². The normalized spacial score (nSPS) is 10.4. The highest BCUT2D eigenvalue weighted by atomic mass is 35.5. The van der Waals surface area contributed by atoms with E-state index in [0.717, 1.165) is 6.42 Å². The van der Waals surface area contributed by atoms with Crippen LogP contribution in [0, 0.1) is 0 Å². The van der Waals surface area contributed by atoms with E-state index in [1.807, 2.05) is 11.4 Å². The second-order valence-corrected chi connectivity index (χ2v) is 5.73. The Balaban J connectivity index is 2.04. The van der Waals surface area contributed by atoms with E-state index in [2.05, 4.69) is 6.07 Å². The van der Waals surface area contributed by atoms with E-state index in [9.17, 15) is 4.79 Å². The molecule has 2 N–H and O–H groups in total. The van der Waals surface area contributed by atoms with Gasteiger partial charge in [-0.1, -0.05) is 17.7 Å². The molecule has 5 heteroatoms. The van der Waals surface area contributed by atoms with Gasteiger partial charge in [0, 0.05) is 24.2 Å². The molecular weight excluding hydrogens is 280 g/mol. The Bertz CT molecular complexity index is 569. The summed E-state index contributed by atoms with van der Waals surface area (Å²) in [5, 5.41) is 2.47. The summed E-state index contributed by atoms with van der Waals surface area (Å²) in [6.45, 7) is 0.657. The molecule has 0 unspecified atom stereocenters. The number of rotatable bonds is 4. The molecule has 0 bridgehead atoms. The van der Waals surface area contributed by atoms with Gasteiger partial charge in [0.2, 0.25) is 0 Å². The highest BCUT2D eigenvalue weighted by molar-refractivity contribution is 7.09. The summed E-state index contributed by atoms with van der Waals surface area (Å²) < 4.78 is 0. The molecule has 1 aromatic heterocycles. The van der Waals surface area contributed by atoms with Crippen LogP contribution in [0.25, 0.3) is 0 Å². The summed E-state index contributed by atoms with van der Waals surface area (Å²) >= 11 is 7.73. The molecule has 3 nitrogen and oxygen atoms in total. The van der Waals surface area contributed by atoms with E-state index in [1.54, 1.807) is 41.5 Å². The Morgan fingerprint density at radius 3 is 2.89 bits per heavy atom. The number of anilines is 1. The first-order valence-corrected chi connectivity index (χ1v) is 7.16. The number of nitrogen functional groups attached to an aromatic ring is 1. The smallest absolute Gasteiger partial charge is 0.255 e. The van der Waals surface area contributed by atoms with Crippen LogP contribution in [0.1, 0.15) is 15.2 Å². The molecule has 0 atom stereocenters. The van der Waals surface area contributed by atoms with Gasteiger partial charge in [-0.3, -0.25) is 4.79 Å². The molecule has 100 valence electrons. The van der Waals surface area contributed by atoms with E-state index in [4.69, 9.17) is 17.3 Å². The minimum atomic E-state index is -0.103. The fourth-order valence-corrected chi connectivity index (χ4v) is 2.64. The average molecular weight is 295 g/mol. The monoisotopic (exact) mass is 294 g/mol. The SMILES string of the molecule is CN(CCc1cccs1)C(=O)c1cc(N)ccc1Cl. The van der Waals surface area contributed by atoms with Gasteiger partial charge in [-0.2, -0.15) is 0 Å². The summed E-state index contributed by atoms with van der Waals surface area (Å²) in [5.41, 5.74) is 6.68. The van der Waals surface area contributed by atoms with Crippen molar-refractivity contribution < 1.29 is 4.79 Å². The predicted molar refractivity (Wildman–Crippen MR) is 80.8 cm³/mol.